The van der Waals surface area contributed by atoms with E-state index in [9.17, 15) is 9.59 Å². The van der Waals surface area contributed by atoms with Gasteiger partial charge >= 0.3 is 6.09 Å². The van der Waals surface area contributed by atoms with Crippen LogP contribution in [0, 0.1) is 0 Å². The third-order valence-electron chi connectivity index (χ3n) is 4.70. The van der Waals surface area contributed by atoms with E-state index in [0.29, 0.717) is 5.57 Å². The molecule has 3 aromatic rings. The highest BCUT2D eigenvalue weighted by Gasteiger charge is 2.40. The predicted octanol–water partition coefficient (Wildman–Crippen LogP) is 4.95. The number of carbonyl (C=O) groups is 2. The number of nitrogens with zero attached hydrogens (tertiary/aromatic N) is 1. The third kappa shape index (κ3) is 3.58. The summed E-state index contributed by atoms with van der Waals surface area (Å²) in [5.41, 5.74) is 2.96. The molecule has 0 bridgehead atoms. The maximum absolute atomic E-state index is 13.5. The highest BCUT2D eigenvalue weighted by molar-refractivity contribution is 6.27. The second-order valence-corrected chi connectivity index (χ2v) is 6.51. The summed E-state index contributed by atoms with van der Waals surface area (Å²) >= 11 is 0. The van der Waals surface area contributed by atoms with Crippen molar-refractivity contribution in [1.29, 1.82) is 0 Å². The maximum Gasteiger partial charge on any atom is 0.417 e. The molecule has 1 saturated heterocycles. The summed E-state index contributed by atoms with van der Waals surface area (Å²) in [6.07, 6.45) is 1.19. The fourth-order valence-corrected chi connectivity index (χ4v) is 3.30. The van der Waals surface area contributed by atoms with Crippen LogP contribution in [0.2, 0.25) is 0 Å². The number of amides is 2. The van der Waals surface area contributed by atoms with Crippen molar-refractivity contribution in [3.63, 3.8) is 0 Å². The highest BCUT2D eigenvalue weighted by atomic mass is 16.6. The van der Waals surface area contributed by atoms with Crippen LogP contribution in [0.1, 0.15) is 22.7 Å². The van der Waals surface area contributed by atoms with Crippen LogP contribution in [-0.2, 0) is 9.53 Å². The number of cyclic esters (lactones) is 1. The van der Waals surface area contributed by atoms with Gasteiger partial charge in [0.25, 0.3) is 5.91 Å². The average Bonchev–Trinajstić information content (AvgIpc) is 3.15. The van der Waals surface area contributed by atoms with Gasteiger partial charge in [-0.25, -0.2) is 9.69 Å². The van der Waals surface area contributed by atoms with Gasteiger partial charge in [-0.15, -0.1) is 0 Å². The molecule has 4 heteroatoms. The van der Waals surface area contributed by atoms with Crippen LogP contribution in [0.25, 0.3) is 11.6 Å². The summed E-state index contributed by atoms with van der Waals surface area (Å²) in [6, 6.07) is 28.0. The van der Waals surface area contributed by atoms with Crippen molar-refractivity contribution in [3.05, 3.63) is 108 Å². The first kappa shape index (κ1) is 17.7. The van der Waals surface area contributed by atoms with Crippen molar-refractivity contribution in [2.45, 2.75) is 6.04 Å². The molecule has 2 amide bonds. The lowest BCUT2D eigenvalue weighted by Crippen LogP contribution is -2.34. The topological polar surface area (TPSA) is 46.6 Å². The molecule has 28 heavy (non-hydrogen) atoms. The first-order valence-corrected chi connectivity index (χ1v) is 9.11. The number of hydrogen-bond acceptors (Lipinski definition) is 3. The number of hydrogen-bond donors (Lipinski definition) is 0. The van der Waals surface area contributed by atoms with Gasteiger partial charge in [-0.1, -0.05) is 91.0 Å². The number of carbonyl (C=O) groups excluding carboxylic acids is 2. The van der Waals surface area contributed by atoms with Crippen molar-refractivity contribution in [2.24, 2.45) is 0 Å². The summed E-state index contributed by atoms with van der Waals surface area (Å²) in [7, 11) is 0. The molecule has 0 spiro atoms. The van der Waals surface area contributed by atoms with Crippen LogP contribution >= 0.6 is 0 Å². The van der Waals surface area contributed by atoms with E-state index in [1.807, 2.05) is 97.1 Å². The Morgan fingerprint density at radius 3 is 2.07 bits per heavy atom. The number of rotatable bonds is 4. The van der Waals surface area contributed by atoms with E-state index >= 15 is 0 Å². The smallest absolute Gasteiger partial charge is 0.417 e. The zero-order valence-corrected chi connectivity index (χ0v) is 15.2. The van der Waals surface area contributed by atoms with Crippen LogP contribution in [-0.4, -0.2) is 23.5 Å². The van der Waals surface area contributed by atoms with E-state index in [-0.39, 0.29) is 12.5 Å². The Kier molecular flexibility index (Phi) is 5.02. The fourth-order valence-electron chi connectivity index (χ4n) is 3.30. The third-order valence-corrected chi connectivity index (χ3v) is 4.70. The molecule has 4 rings (SSSR count). The monoisotopic (exact) mass is 369 g/mol. The lowest BCUT2D eigenvalue weighted by atomic mass is 10.00. The van der Waals surface area contributed by atoms with Crippen molar-refractivity contribution in [1.82, 2.24) is 4.90 Å². The van der Waals surface area contributed by atoms with Gasteiger partial charge in [-0.2, -0.15) is 0 Å². The van der Waals surface area contributed by atoms with Gasteiger partial charge in [0.2, 0.25) is 0 Å². The summed E-state index contributed by atoms with van der Waals surface area (Å²) < 4.78 is 5.23. The fraction of sp³-hybridized carbons (Fsp3) is 0.0833. The minimum Gasteiger partial charge on any atom is -0.446 e. The lowest BCUT2D eigenvalue weighted by molar-refractivity contribution is -0.123. The molecular formula is C24H19NO3. The van der Waals surface area contributed by atoms with E-state index in [2.05, 4.69) is 0 Å². The molecular weight excluding hydrogens is 350 g/mol. The van der Waals surface area contributed by atoms with E-state index in [1.54, 1.807) is 0 Å². The van der Waals surface area contributed by atoms with Crippen LogP contribution in [0.5, 0.6) is 0 Å². The zero-order chi connectivity index (χ0) is 19.3. The van der Waals surface area contributed by atoms with E-state index in [1.165, 1.54) is 4.90 Å². The molecule has 0 unspecified atom stereocenters. The molecule has 0 radical (unpaired) electrons. The van der Waals surface area contributed by atoms with Gasteiger partial charge < -0.3 is 4.74 Å². The Balaban J connectivity index is 1.76. The van der Waals surface area contributed by atoms with Gasteiger partial charge in [-0.3, -0.25) is 4.79 Å². The zero-order valence-electron chi connectivity index (χ0n) is 15.2. The minimum atomic E-state index is -0.617. The second kappa shape index (κ2) is 7.92. The Hall–Kier alpha value is -3.66. The van der Waals surface area contributed by atoms with Gasteiger partial charge in [0.05, 0.1) is 0 Å². The molecule has 0 aromatic heterocycles. The Labute approximate surface area is 163 Å². The molecule has 1 aliphatic heterocycles. The SMILES string of the molecule is O=C1OC[C@@H](c2ccccc2)N1C(=O)/C(=C/c1ccccc1)c1ccccc1. The lowest BCUT2D eigenvalue weighted by Gasteiger charge is -2.21. The second-order valence-electron chi connectivity index (χ2n) is 6.51. The quantitative estimate of drug-likeness (QED) is 0.483. The molecule has 1 atom stereocenters. The molecule has 1 heterocycles. The normalized spacial score (nSPS) is 16.7. The predicted molar refractivity (Wildman–Crippen MR) is 108 cm³/mol. The average molecular weight is 369 g/mol. The molecule has 1 fully saturated rings. The Bertz CT molecular complexity index is 998. The molecule has 3 aromatic carbocycles. The number of ether oxygens (including phenoxy) is 1. The largest absolute Gasteiger partial charge is 0.446 e. The van der Waals surface area contributed by atoms with E-state index < -0.39 is 12.1 Å². The van der Waals surface area contributed by atoms with Crippen molar-refractivity contribution >= 4 is 23.6 Å². The highest BCUT2D eigenvalue weighted by Crippen LogP contribution is 2.32. The Morgan fingerprint density at radius 1 is 0.857 bits per heavy atom. The van der Waals surface area contributed by atoms with Crippen molar-refractivity contribution < 1.29 is 14.3 Å². The standard InChI is InChI=1S/C24H19NO3/c26-23(25-22(17-28-24(25)27)20-14-8-3-9-15-20)21(19-12-6-2-7-13-19)16-18-10-4-1-5-11-18/h1-16,22H,17H2/b21-16+/t22-/m0/s1. The summed E-state index contributed by atoms with van der Waals surface area (Å²) in [6.45, 7) is 0.155. The molecule has 138 valence electrons. The van der Waals surface area contributed by atoms with Crippen LogP contribution in [0.4, 0.5) is 4.79 Å². The molecule has 0 N–H and O–H groups in total. The minimum absolute atomic E-state index is 0.155. The van der Waals surface area contributed by atoms with E-state index in [0.717, 1.165) is 16.7 Å². The van der Waals surface area contributed by atoms with Crippen molar-refractivity contribution in [2.75, 3.05) is 6.61 Å². The van der Waals surface area contributed by atoms with Crippen LogP contribution in [0.3, 0.4) is 0 Å². The summed E-state index contributed by atoms with van der Waals surface area (Å²) in [5.74, 6) is -0.369. The molecule has 4 nitrogen and oxygen atoms in total. The summed E-state index contributed by atoms with van der Waals surface area (Å²) in [4.78, 5) is 27.2. The Morgan fingerprint density at radius 2 is 1.43 bits per heavy atom. The van der Waals surface area contributed by atoms with Crippen LogP contribution in [0.15, 0.2) is 91.0 Å². The van der Waals surface area contributed by atoms with Crippen molar-refractivity contribution in [3.8, 4) is 0 Å². The summed E-state index contributed by atoms with van der Waals surface area (Å²) in [5, 5.41) is 0. The molecule has 0 saturated carbocycles. The number of benzene rings is 3. The first-order valence-electron chi connectivity index (χ1n) is 9.11. The van der Waals surface area contributed by atoms with E-state index in [4.69, 9.17) is 4.74 Å². The molecule has 1 aliphatic rings. The van der Waals surface area contributed by atoms with Gasteiger partial charge in [-0.05, 0) is 22.8 Å². The number of imide groups is 1. The maximum atomic E-state index is 13.5. The van der Waals surface area contributed by atoms with Gasteiger partial charge in [0.15, 0.2) is 0 Å². The van der Waals surface area contributed by atoms with Gasteiger partial charge in [0.1, 0.15) is 12.6 Å². The first-order chi connectivity index (χ1) is 13.7. The van der Waals surface area contributed by atoms with Crippen LogP contribution < -0.4 is 0 Å². The van der Waals surface area contributed by atoms with Gasteiger partial charge in [0, 0.05) is 5.57 Å². The molecule has 0 aliphatic carbocycles.